The third-order valence-electron chi connectivity index (χ3n) is 6.86. The van der Waals surface area contributed by atoms with Gasteiger partial charge in [0.1, 0.15) is 0 Å². The summed E-state index contributed by atoms with van der Waals surface area (Å²) in [6.45, 7) is -1.90. The number of fused-ring (bicyclic) bond motifs is 4. The van der Waals surface area contributed by atoms with Crippen molar-refractivity contribution in [3.63, 3.8) is 0 Å². The van der Waals surface area contributed by atoms with Crippen LogP contribution in [0.5, 0.6) is 5.75 Å². The first kappa shape index (κ1) is 20.7. The van der Waals surface area contributed by atoms with E-state index in [1.165, 1.54) is 0 Å². The molecule has 3 aromatic carbocycles. The van der Waals surface area contributed by atoms with Gasteiger partial charge in [-0.15, -0.1) is 0 Å². The third-order valence-corrected chi connectivity index (χ3v) is 9.41. The zero-order chi connectivity index (χ0) is 23.0. The van der Waals surface area contributed by atoms with Crippen LogP contribution in [0, 0.1) is 0 Å². The molecule has 1 aromatic heterocycles. The highest BCUT2D eigenvalue weighted by molar-refractivity contribution is 9.13. The number of halogens is 3. The van der Waals surface area contributed by atoms with Crippen molar-refractivity contribution in [1.29, 1.82) is 0 Å². The van der Waals surface area contributed by atoms with E-state index in [0.717, 1.165) is 58.6 Å². The molecular weight excluding hydrogens is 619 g/mol. The highest BCUT2D eigenvalue weighted by Crippen LogP contribution is 2.48. The summed E-state index contributed by atoms with van der Waals surface area (Å²) in [5.41, 5.74) is 7.83. The second-order valence-corrected chi connectivity index (χ2v) is 11.1. The van der Waals surface area contributed by atoms with Crippen LogP contribution >= 0.6 is 47.8 Å². The Kier molecular flexibility index (Phi) is 4.54. The summed E-state index contributed by atoms with van der Waals surface area (Å²) in [4.78, 5) is 0. The lowest BCUT2D eigenvalue weighted by Gasteiger charge is -2.46. The van der Waals surface area contributed by atoms with Crippen molar-refractivity contribution in [1.82, 2.24) is 4.48 Å². The van der Waals surface area contributed by atoms with Crippen LogP contribution in [0.1, 0.15) is 16.8 Å². The van der Waals surface area contributed by atoms with Crippen LogP contribution in [-0.2, 0) is 0 Å². The van der Waals surface area contributed by atoms with E-state index >= 15 is 0 Å². The summed E-state index contributed by atoms with van der Waals surface area (Å²) in [5, 5.41) is 0. The van der Waals surface area contributed by atoms with Crippen LogP contribution in [-0.4, -0.2) is 21.3 Å². The topological polar surface area (TPSA) is 17.2 Å². The lowest BCUT2D eigenvalue weighted by Crippen LogP contribution is -2.71. The molecule has 3 aliphatic rings. The number of hydrogen-bond acceptors (Lipinski definition) is 1. The van der Waals surface area contributed by atoms with Gasteiger partial charge in [-0.3, -0.25) is 0 Å². The highest BCUT2D eigenvalue weighted by Gasteiger charge is 2.59. The van der Waals surface area contributed by atoms with Crippen molar-refractivity contribution in [3.05, 3.63) is 133 Å². The predicted molar refractivity (Wildman–Crippen MR) is 148 cm³/mol. The van der Waals surface area contributed by atoms with Crippen molar-refractivity contribution >= 4 is 71.2 Å². The molecule has 0 spiro atoms. The molecule has 3 nitrogen and oxygen atoms in total. The molecular formula is C27H16BBr3N2O. The largest absolute Gasteiger partial charge is 0.635 e. The first-order chi connectivity index (χ1) is 16.6. The molecule has 0 radical (unpaired) electrons. The highest BCUT2D eigenvalue weighted by atomic mass is 79.9. The van der Waals surface area contributed by atoms with Crippen LogP contribution in [0.3, 0.4) is 0 Å². The number of hydrogen-bond donors (Lipinski definition) is 0. The van der Waals surface area contributed by atoms with Crippen LogP contribution < -0.4 is 10.1 Å². The van der Waals surface area contributed by atoms with Crippen LogP contribution in [0.2, 0.25) is 0 Å². The Hall–Kier alpha value is -2.61. The van der Waals surface area contributed by atoms with Gasteiger partial charge in [0.25, 0.3) is 0 Å². The van der Waals surface area contributed by atoms with E-state index in [-0.39, 0.29) is 0 Å². The van der Waals surface area contributed by atoms with Gasteiger partial charge < -0.3 is 13.6 Å². The van der Waals surface area contributed by atoms with Crippen LogP contribution in [0.15, 0.2) is 116 Å². The van der Waals surface area contributed by atoms with E-state index < -0.39 is 6.62 Å². The minimum absolute atomic E-state index is 0.870. The molecule has 0 N–H and O–H groups in total. The molecule has 34 heavy (non-hydrogen) atoms. The molecule has 0 bridgehead atoms. The van der Waals surface area contributed by atoms with Crippen LogP contribution in [0.25, 0.3) is 5.57 Å². The summed E-state index contributed by atoms with van der Waals surface area (Å²) in [7, 11) is 0. The van der Waals surface area contributed by atoms with Gasteiger partial charge in [0.05, 0.1) is 26.0 Å². The average Bonchev–Trinajstić information content (AvgIpc) is 3.37. The summed E-state index contributed by atoms with van der Waals surface area (Å²) >= 11 is 11.6. The Morgan fingerprint density at radius 3 is 2.24 bits per heavy atom. The van der Waals surface area contributed by atoms with E-state index in [1.54, 1.807) is 0 Å². The van der Waals surface area contributed by atoms with Gasteiger partial charge in [-0.05, 0) is 71.6 Å². The van der Waals surface area contributed by atoms with E-state index in [9.17, 15) is 0 Å². The lowest BCUT2D eigenvalue weighted by atomic mass is 9.54. The number of rotatable bonds is 2. The Morgan fingerprint density at radius 1 is 0.794 bits per heavy atom. The molecule has 7 rings (SSSR count). The fraction of sp³-hybridized carbons (Fsp3) is 0. The maximum Gasteiger partial charge on any atom is 0.598 e. The fourth-order valence-electron chi connectivity index (χ4n) is 5.58. The second-order valence-electron chi connectivity index (χ2n) is 8.60. The maximum absolute atomic E-state index is 7.13. The normalized spacial score (nSPS) is 19.9. The number of allylic oxidation sites excluding steroid dienone is 2. The molecule has 164 valence electrons. The van der Waals surface area contributed by atoms with Crippen molar-refractivity contribution in [2.45, 2.75) is 0 Å². The quantitative estimate of drug-likeness (QED) is 0.225. The van der Waals surface area contributed by atoms with Gasteiger partial charge in [-0.2, -0.15) is 0 Å². The summed E-state index contributed by atoms with van der Waals surface area (Å²) in [6, 6.07) is 31.6. The summed E-state index contributed by atoms with van der Waals surface area (Å²) in [5.74, 6) is 0.870. The standard InChI is InChI=1S/C27H16BBr3N2O/c29-20-15-22-25(17-9-3-1-4-10-17)23-16-21(30)27(31)33(23)28(18-11-5-2-6-12-18)32(22)26(20)19-13-7-8-14-24(19)34-28/h1-16H/t28-/m1/s1. The average molecular weight is 635 g/mol. The van der Waals surface area contributed by atoms with E-state index in [0.29, 0.717) is 0 Å². The molecule has 4 heterocycles. The molecule has 0 saturated carbocycles. The molecule has 0 aliphatic carbocycles. The molecule has 7 heteroatoms. The SMILES string of the molecule is BrC1=CC2=C(c3ccccc3)c3cc(Br)c(Br)n3[B@-]3(c4ccccc4)Oc4ccccc4C1=[N+]23. The zero-order valence-corrected chi connectivity index (χ0v) is 22.5. The zero-order valence-electron chi connectivity index (χ0n) is 17.8. The Bertz CT molecular complexity index is 1610. The Labute approximate surface area is 222 Å². The number of nitrogens with zero attached hydrogens (tertiary/aromatic N) is 2. The minimum Gasteiger partial charge on any atom is -0.635 e. The van der Waals surface area contributed by atoms with E-state index in [4.69, 9.17) is 4.65 Å². The van der Waals surface area contributed by atoms with Crippen molar-refractivity contribution in [2.24, 2.45) is 0 Å². The first-order valence-corrected chi connectivity index (χ1v) is 13.4. The van der Waals surface area contributed by atoms with Crippen LogP contribution in [0.4, 0.5) is 0 Å². The Balaban J connectivity index is 1.72. The van der Waals surface area contributed by atoms with E-state index in [2.05, 4.69) is 142 Å². The fourth-order valence-corrected chi connectivity index (χ4v) is 7.19. The Morgan fingerprint density at radius 2 is 1.47 bits per heavy atom. The van der Waals surface area contributed by atoms with Gasteiger partial charge in [0, 0.05) is 16.2 Å². The number of aromatic nitrogens is 1. The van der Waals surface area contributed by atoms with Gasteiger partial charge in [-0.25, -0.2) is 0 Å². The molecule has 0 fully saturated rings. The molecule has 0 unspecified atom stereocenters. The lowest BCUT2D eigenvalue weighted by molar-refractivity contribution is -0.349. The minimum atomic E-state index is -1.90. The molecule has 0 amide bonds. The number of para-hydroxylation sites is 1. The molecule has 4 aromatic rings. The molecule has 1 atom stereocenters. The third kappa shape index (κ3) is 2.60. The van der Waals surface area contributed by atoms with E-state index in [1.807, 2.05) is 12.1 Å². The molecule has 0 saturated heterocycles. The monoisotopic (exact) mass is 632 g/mol. The summed E-state index contributed by atoms with van der Waals surface area (Å²) < 4.78 is 14.8. The molecule has 3 aliphatic heterocycles. The smallest absolute Gasteiger partial charge is 0.598 e. The number of benzene rings is 3. The van der Waals surface area contributed by atoms with Gasteiger partial charge in [0.15, 0.2) is 11.4 Å². The summed E-state index contributed by atoms with van der Waals surface area (Å²) in [6.07, 6.45) is 2.24. The van der Waals surface area contributed by atoms with Crippen molar-refractivity contribution < 1.29 is 9.14 Å². The maximum atomic E-state index is 7.13. The van der Waals surface area contributed by atoms with Gasteiger partial charge in [-0.1, -0.05) is 78.3 Å². The van der Waals surface area contributed by atoms with Gasteiger partial charge in [0.2, 0.25) is 0 Å². The van der Waals surface area contributed by atoms with Crippen molar-refractivity contribution in [2.75, 3.05) is 0 Å². The predicted octanol–water partition coefficient (Wildman–Crippen LogP) is 6.67. The van der Waals surface area contributed by atoms with Crippen molar-refractivity contribution in [3.8, 4) is 5.75 Å². The first-order valence-electron chi connectivity index (χ1n) is 11.0. The second kappa shape index (κ2) is 7.44. The van der Waals surface area contributed by atoms with Gasteiger partial charge >= 0.3 is 6.62 Å².